The molecule has 0 aliphatic carbocycles. The highest BCUT2D eigenvalue weighted by Crippen LogP contribution is 2.39. The van der Waals surface area contributed by atoms with Crippen LogP contribution < -0.4 is 10.5 Å². The van der Waals surface area contributed by atoms with Crippen LogP contribution in [0.15, 0.2) is 42.5 Å². The van der Waals surface area contributed by atoms with E-state index in [0.717, 1.165) is 28.2 Å². The number of carbonyl (C=O) groups is 1. The maximum absolute atomic E-state index is 13.6. The molecule has 0 bridgehead atoms. The highest BCUT2D eigenvalue weighted by atomic mass is 19.4. The predicted octanol–water partition coefficient (Wildman–Crippen LogP) is 3.79. The van der Waals surface area contributed by atoms with Crippen LogP contribution in [-0.2, 0) is 19.3 Å². The molecule has 0 saturated carbocycles. The number of ether oxygens (including phenoxy) is 1. The van der Waals surface area contributed by atoms with Gasteiger partial charge in [-0.25, -0.2) is 0 Å². The fraction of sp³-hybridized carbons (Fsp3) is 0.273. The molecule has 0 aliphatic heterocycles. The zero-order chi connectivity index (χ0) is 23.6. The highest BCUT2D eigenvalue weighted by Gasteiger charge is 2.34. The lowest BCUT2D eigenvalue weighted by atomic mass is 10.1. The van der Waals surface area contributed by atoms with E-state index in [2.05, 4.69) is 4.98 Å². The number of carbonyl (C=O) groups excluding carboxylic acids is 1. The Balaban J connectivity index is 2.01. The Bertz CT molecular complexity index is 1150. The van der Waals surface area contributed by atoms with Gasteiger partial charge in [0.05, 0.1) is 11.1 Å². The maximum atomic E-state index is 13.6. The van der Waals surface area contributed by atoms with Crippen molar-refractivity contribution < 1.29 is 22.7 Å². The molecule has 0 aliphatic rings. The Hall–Kier alpha value is -3.53. The molecule has 170 valence electrons. The molecule has 0 unspecified atom stereocenters. The van der Waals surface area contributed by atoms with E-state index in [-0.39, 0.29) is 29.0 Å². The molecular weight excluding hydrogens is 423 g/mol. The second kappa shape index (κ2) is 8.91. The summed E-state index contributed by atoms with van der Waals surface area (Å²) in [7, 11) is 5.14. The SMILES string of the molecule is CN(C)Cc1ccccc1COc1ccc(C(F)(F)F)c2cc(C(=O)N(C)C(=N)N)[nH]c12. The molecule has 4 N–H and O–H groups in total. The van der Waals surface area contributed by atoms with Gasteiger partial charge in [0.1, 0.15) is 18.1 Å². The molecular formula is C22H24F3N5O2. The smallest absolute Gasteiger partial charge is 0.417 e. The largest absolute Gasteiger partial charge is 0.487 e. The number of H-pyrrole nitrogens is 1. The van der Waals surface area contributed by atoms with E-state index < -0.39 is 23.6 Å². The Morgan fingerprint density at radius 3 is 2.38 bits per heavy atom. The molecule has 0 spiro atoms. The lowest BCUT2D eigenvalue weighted by molar-refractivity contribution is -0.136. The Morgan fingerprint density at radius 1 is 1.12 bits per heavy atom. The van der Waals surface area contributed by atoms with Crippen LogP contribution in [0.2, 0.25) is 0 Å². The first kappa shape index (κ1) is 23.1. The summed E-state index contributed by atoms with van der Waals surface area (Å²) in [5.41, 5.74) is 6.27. The van der Waals surface area contributed by atoms with Crippen LogP contribution in [0.5, 0.6) is 5.75 Å². The van der Waals surface area contributed by atoms with Crippen molar-refractivity contribution in [1.82, 2.24) is 14.8 Å². The average molecular weight is 447 g/mol. The van der Waals surface area contributed by atoms with Crippen molar-refractivity contribution in [3.8, 4) is 5.75 Å². The third-order valence-electron chi connectivity index (χ3n) is 4.95. The second-order valence-corrected chi connectivity index (χ2v) is 7.63. The van der Waals surface area contributed by atoms with Gasteiger partial charge in [0, 0.05) is 19.0 Å². The number of fused-ring (bicyclic) bond motifs is 1. The van der Waals surface area contributed by atoms with Crippen molar-refractivity contribution >= 4 is 22.8 Å². The van der Waals surface area contributed by atoms with Crippen LogP contribution in [0.1, 0.15) is 27.2 Å². The van der Waals surface area contributed by atoms with Gasteiger partial charge >= 0.3 is 6.18 Å². The first-order chi connectivity index (χ1) is 15.0. The molecule has 0 fully saturated rings. The zero-order valence-electron chi connectivity index (χ0n) is 17.9. The molecule has 1 heterocycles. The first-order valence-electron chi connectivity index (χ1n) is 9.68. The van der Waals surface area contributed by atoms with E-state index in [0.29, 0.717) is 6.54 Å². The summed E-state index contributed by atoms with van der Waals surface area (Å²) in [6.07, 6.45) is -4.62. The molecule has 0 radical (unpaired) electrons. The fourth-order valence-electron chi connectivity index (χ4n) is 3.31. The minimum Gasteiger partial charge on any atom is -0.487 e. The minimum atomic E-state index is -4.62. The number of amides is 1. The van der Waals surface area contributed by atoms with Gasteiger partial charge < -0.3 is 20.4 Å². The molecule has 32 heavy (non-hydrogen) atoms. The summed E-state index contributed by atoms with van der Waals surface area (Å²) in [5, 5.41) is 7.19. The number of benzene rings is 2. The number of guanidine groups is 1. The van der Waals surface area contributed by atoms with Crippen LogP contribution in [0, 0.1) is 5.41 Å². The third kappa shape index (κ3) is 4.86. The Labute approximate surface area is 183 Å². The van der Waals surface area contributed by atoms with Gasteiger partial charge in [-0.2, -0.15) is 13.2 Å². The van der Waals surface area contributed by atoms with Crippen molar-refractivity contribution in [2.75, 3.05) is 21.1 Å². The van der Waals surface area contributed by atoms with Crippen LogP contribution >= 0.6 is 0 Å². The van der Waals surface area contributed by atoms with Gasteiger partial charge in [-0.3, -0.25) is 15.1 Å². The van der Waals surface area contributed by atoms with E-state index >= 15 is 0 Å². The van der Waals surface area contributed by atoms with Crippen molar-refractivity contribution in [1.29, 1.82) is 5.41 Å². The Kier molecular flexibility index (Phi) is 6.45. The van der Waals surface area contributed by atoms with Crippen molar-refractivity contribution in [2.24, 2.45) is 5.73 Å². The zero-order valence-corrected chi connectivity index (χ0v) is 17.9. The number of nitrogens with two attached hydrogens (primary N) is 1. The number of rotatable bonds is 6. The number of aromatic amines is 1. The van der Waals surface area contributed by atoms with E-state index in [9.17, 15) is 18.0 Å². The van der Waals surface area contributed by atoms with Gasteiger partial charge in [0.25, 0.3) is 5.91 Å². The first-order valence-corrected chi connectivity index (χ1v) is 9.68. The molecule has 7 nitrogen and oxygen atoms in total. The topological polar surface area (TPSA) is 98.4 Å². The summed E-state index contributed by atoms with van der Waals surface area (Å²) in [4.78, 5) is 18.1. The van der Waals surface area contributed by atoms with Gasteiger partial charge in [0.2, 0.25) is 0 Å². The molecule has 0 saturated heterocycles. The number of hydrogen-bond donors (Lipinski definition) is 3. The predicted molar refractivity (Wildman–Crippen MR) is 115 cm³/mol. The fourth-order valence-corrected chi connectivity index (χ4v) is 3.31. The summed E-state index contributed by atoms with van der Waals surface area (Å²) < 4.78 is 46.6. The molecule has 3 aromatic rings. The van der Waals surface area contributed by atoms with E-state index in [4.69, 9.17) is 15.9 Å². The summed E-state index contributed by atoms with van der Waals surface area (Å²) in [6.45, 7) is 0.820. The molecule has 1 aromatic heterocycles. The molecule has 3 rings (SSSR count). The van der Waals surface area contributed by atoms with Crippen molar-refractivity contribution in [3.63, 3.8) is 0 Å². The van der Waals surface area contributed by atoms with E-state index in [1.807, 2.05) is 43.3 Å². The van der Waals surface area contributed by atoms with Crippen LogP contribution in [0.3, 0.4) is 0 Å². The van der Waals surface area contributed by atoms with Gasteiger partial charge in [-0.1, -0.05) is 24.3 Å². The lowest BCUT2D eigenvalue weighted by Gasteiger charge is -2.16. The normalized spacial score (nSPS) is 11.7. The number of aromatic nitrogens is 1. The van der Waals surface area contributed by atoms with Crippen molar-refractivity contribution in [2.45, 2.75) is 19.3 Å². The number of alkyl halides is 3. The number of nitrogens with one attached hydrogen (secondary N) is 2. The standard InChI is InChI=1S/C22H24F3N5O2/c1-29(2)11-13-6-4-5-7-14(13)12-32-18-9-8-16(22(23,24)25)15-10-17(28-19(15)18)20(31)30(3)21(26)27/h4-10,28H,11-12H2,1-3H3,(H3,26,27). The van der Waals surface area contributed by atoms with Crippen molar-refractivity contribution in [3.05, 3.63) is 64.8 Å². The number of nitrogens with zero attached hydrogens (tertiary/aromatic N) is 2. The van der Waals surface area contributed by atoms with Crippen LogP contribution in [0.4, 0.5) is 13.2 Å². The molecule has 10 heteroatoms. The lowest BCUT2D eigenvalue weighted by Crippen LogP contribution is -2.38. The number of halogens is 3. The quantitative estimate of drug-likeness (QED) is 0.396. The molecule has 0 atom stereocenters. The van der Waals surface area contributed by atoms with Gasteiger partial charge in [0.15, 0.2) is 5.96 Å². The summed E-state index contributed by atoms with van der Waals surface area (Å²) in [5.74, 6) is -1.08. The minimum absolute atomic E-state index is 0.0465. The monoisotopic (exact) mass is 447 g/mol. The third-order valence-corrected chi connectivity index (χ3v) is 4.95. The van der Waals surface area contributed by atoms with Crippen LogP contribution in [-0.4, -0.2) is 47.8 Å². The van der Waals surface area contributed by atoms with Gasteiger partial charge in [-0.05, 0) is 43.4 Å². The van der Waals surface area contributed by atoms with E-state index in [1.165, 1.54) is 13.1 Å². The highest BCUT2D eigenvalue weighted by molar-refractivity contribution is 6.06. The summed E-state index contributed by atoms with van der Waals surface area (Å²) >= 11 is 0. The van der Waals surface area contributed by atoms with Gasteiger partial charge in [-0.15, -0.1) is 0 Å². The summed E-state index contributed by atoms with van der Waals surface area (Å²) in [6, 6.07) is 10.9. The average Bonchev–Trinajstić information content (AvgIpc) is 3.15. The number of hydrogen-bond acceptors (Lipinski definition) is 4. The molecule has 1 amide bonds. The maximum Gasteiger partial charge on any atom is 0.417 e. The van der Waals surface area contributed by atoms with E-state index in [1.54, 1.807) is 0 Å². The van der Waals surface area contributed by atoms with Crippen LogP contribution in [0.25, 0.3) is 10.9 Å². The Morgan fingerprint density at radius 2 is 1.78 bits per heavy atom. The molecule has 2 aromatic carbocycles. The second-order valence-electron chi connectivity index (χ2n) is 7.63.